The van der Waals surface area contributed by atoms with Gasteiger partial charge >= 0.3 is 0 Å². The quantitative estimate of drug-likeness (QED) is 0.381. The molecule has 0 radical (unpaired) electrons. The normalized spacial score (nSPS) is 12.7. The summed E-state index contributed by atoms with van der Waals surface area (Å²) in [5, 5.41) is 25.4. The zero-order valence-corrected chi connectivity index (χ0v) is 13.5. The zero-order chi connectivity index (χ0) is 15.3. The van der Waals surface area contributed by atoms with E-state index in [4.69, 9.17) is 9.47 Å². The standard InChI is InChI=1S/C12H25N5O3S/c1-3-4-13-5-6-17-12(14-15-16-17)21-10-11(18)9-20-8-7-19-2/h11,13,18H,3-10H2,1-2H3. The molecule has 1 heterocycles. The Morgan fingerprint density at radius 3 is 3.00 bits per heavy atom. The molecule has 0 saturated heterocycles. The van der Waals surface area contributed by atoms with Crippen LogP contribution in [0.1, 0.15) is 13.3 Å². The van der Waals surface area contributed by atoms with Crippen molar-refractivity contribution in [1.29, 1.82) is 0 Å². The van der Waals surface area contributed by atoms with E-state index in [0.29, 0.717) is 24.1 Å². The number of tetrazole rings is 1. The molecule has 1 unspecified atom stereocenters. The first-order chi connectivity index (χ1) is 10.3. The number of aliphatic hydroxyl groups excluding tert-OH is 1. The number of thioether (sulfide) groups is 1. The second kappa shape index (κ2) is 11.9. The topological polar surface area (TPSA) is 94.3 Å². The third-order valence-corrected chi connectivity index (χ3v) is 3.68. The molecule has 0 amide bonds. The lowest BCUT2D eigenvalue weighted by molar-refractivity contribution is 0.0218. The minimum absolute atomic E-state index is 0.288. The number of rotatable bonds is 13. The molecule has 9 heteroatoms. The van der Waals surface area contributed by atoms with E-state index < -0.39 is 6.10 Å². The third-order valence-electron chi connectivity index (χ3n) is 2.57. The molecule has 2 N–H and O–H groups in total. The van der Waals surface area contributed by atoms with E-state index in [2.05, 4.69) is 27.8 Å². The molecular weight excluding hydrogens is 294 g/mol. The Hall–Kier alpha value is -0.740. The lowest BCUT2D eigenvalue weighted by Crippen LogP contribution is -2.22. The minimum atomic E-state index is -0.546. The Bertz CT molecular complexity index is 366. The average molecular weight is 319 g/mol. The van der Waals surface area contributed by atoms with Gasteiger partial charge in [0, 0.05) is 19.4 Å². The van der Waals surface area contributed by atoms with E-state index in [1.165, 1.54) is 11.8 Å². The minimum Gasteiger partial charge on any atom is -0.390 e. The molecule has 1 rings (SSSR count). The Balaban J connectivity index is 2.20. The molecule has 0 aliphatic rings. The first kappa shape index (κ1) is 18.3. The fourth-order valence-electron chi connectivity index (χ4n) is 1.51. The van der Waals surface area contributed by atoms with E-state index in [-0.39, 0.29) is 6.61 Å². The molecule has 0 spiro atoms. The molecule has 0 aliphatic carbocycles. The molecule has 0 bridgehead atoms. The number of hydrogen-bond donors (Lipinski definition) is 2. The van der Waals surface area contributed by atoms with Crippen LogP contribution in [0.3, 0.4) is 0 Å². The van der Waals surface area contributed by atoms with Crippen LogP contribution in [0.15, 0.2) is 5.16 Å². The number of nitrogens with one attached hydrogen (secondary N) is 1. The Morgan fingerprint density at radius 1 is 1.38 bits per heavy atom. The SMILES string of the molecule is CCCNCCn1nnnc1SCC(O)COCCOC. The maximum absolute atomic E-state index is 9.81. The molecule has 0 fully saturated rings. The number of aromatic nitrogens is 4. The third kappa shape index (κ3) is 8.32. The van der Waals surface area contributed by atoms with Crippen LogP contribution < -0.4 is 5.32 Å². The van der Waals surface area contributed by atoms with Crippen LogP contribution in [0.25, 0.3) is 0 Å². The van der Waals surface area contributed by atoms with E-state index in [1.54, 1.807) is 11.8 Å². The maximum atomic E-state index is 9.81. The highest BCUT2D eigenvalue weighted by molar-refractivity contribution is 7.99. The van der Waals surface area contributed by atoms with Crippen molar-refractivity contribution in [2.45, 2.75) is 31.1 Å². The van der Waals surface area contributed by atoms with Crippen molar-refractivity contribution >= 4 is 11.8 Å². The summed E-state index contributed by atoms with van der Waals surface area (Å²) in [6.45, 7) is 5.96. The van der Waals surface area contributed by atoms with E-state index in [1.807, 2.05) is 0 Å². The van der Waals surface area contributed by atoms with Gasteiger partial charge in [0.1, 0.15) is 0 Å². The maximum Gasteiger partial charge on any atom is 0.209 e. The zero-order valence-electron chi connectivity index (χ0n) is 12.7. The largest absolute Gasteiger partial charge is 0.390 e. The van der Waals surface area contributed by atoms with Crippen LogP contribution >= 0.6 is 11.8 Å². The van der Waals surface area contributed by atoms with Gasteiger partial charge in [-0.3, -0.25) is 0 Å². The first-order valence-corrected chi connectivity index (χ1v) is 8.11. The summed E-state index contributed by atoms with van der Waals surface area (Å²) in [4.78, 5) is 0. The van der Waals surface area contributed by atoms with Crippen molar-refractivity contribution in [2.24, 2.45) is 0 Å². The average Bonchev–Trinajstić information content (AvgIpc) is 2.93. The molecule has 0 aliphatic heterocycles. The van der Waals surface area contributed by atoms with Crippen LogP contribution in [0.2, 0.25) is 0 Å². The summed E-state index contributed by atoms with van der Waals surface area (Å²) in [7, 11) is 1.62. The van der Waals surface area contributed by atoms with Gasteiger partial charge < -0.3 is 19.9 Å². The molecular formula is C12H25N5O3S. The van der Waals surface area contributed by atoms with Crippen LogP contribution in [-0.4, -0.2) is 77.2 Å². The number of hydrogen-bond acceptors (Lipinski definition) is 8. The van der Waals surface area contributed by atoms with Gasteiger partial charge in [0.25, 0.3) is 0 Å². The number of ether oxygens (including phenoxy) is 2. The Labute approximate surface area is 129 Å². The fourth-order valence-corrected chi connectivity index (χ4v) is 2.32. The summed E-state index contributed by atoms with van der Waals surface area (Å²) in [6.07, 6.45) is 0.558. The van der Waals surface area contributed by atoms with Gasteiger partial charge in [-0.25, -0.2) is 4.68 Å². The summed E-state index contributed by atoms with van der Waals surface area (Å²) in [5.74, 6) is 0.496. The molecule has 0 aromatic carbocycles. The smallest absolute Gasteiger partial charge is 0.209 e. The predicted octanol–water partition coefficient (Wildman–Crippen LogP) is -0.211. The van der Waals surface area contributed by atoms with Crippen LogP contribution in [0, 0.1) is 0 Å². The first-order valence-electron chi connectivity index (χ1n) is 7.12. The highest BCUT2D eigenvalue weighted by Gasteiger charge is 2.10. The van der Waals surface area contributed by atoms with Crippen LogP contribution in [0.4, 0.5) is 0 Å². The molecule has 21 heavy (non-hydrogen) atoms. The van der Waals surface area contributed by atoms with Crippen molar-refractivity contribution in [3.05, 3.63) is 0 Å². The number of aliphatic hydroxyl groups is 1. The molecule has 1 aromatic heterocycles. The Kier molecular flexibility index (Phi) is 10.3. The second-order valence-corrected chi connectivity index (χ2v) is 5.45. The van der Waals surface area contributed by atoms with E-state index in [0.717, 1.165) is 26.1 Å². The fraction of sp³-hybridized carbons (Fsp3) is 0.917. The Morgan fingerprint density at radius 2 is 2.24 bits per heavy atom. The summed E-state index contributed by atoms with van der Waals surface area (Å²) in [5.41, 5.74) is 0. The molecule has 1 aromatic rings. The van der Waals surface area contributed by atoms with E-state index >= 15 is 0 Å². The van der Waals surface area contributed by atoms with Gasteiger partial charge in [-0.1, -0.05) is 18.7 Å². The van der Waals surface area contributed by atoms with Crippen molar-refractivity contribution in [1.82, 2.24) is 25.5 Å². The summed E-state index contributed by atoms with van der Waals surface area (Å²) < 4.78 is 11.9. The van der Waals surface area contributed by atoms with Gasteiger partial charge in [-0.2, -0.15) is 0 Å². The lowest BCUT2D eigenvalue weighted by atomic mass is 10.4. The van der Waals surface area contributed by atoms with E-state index in [9.17, 15) is 5.11 Å². The van der Waals surface area contributed by atoms with Crippen molar-refractivity contribution < 1.29 is 14.6 Å². The van der Waals surface area contributed by atoms with Crippen molar-refractivity contribution in [3.63, 3.8) is 0 Å². The van der Waals surface area contributed by atoms with Crippen molar-refractivity contribution in [3.8, 4) is 0 Å². The monoisotopic (exact) mass is 319 g/mol. The van der Waals surface area contributed by atoms with Gasteiger partial charge in [-0.15, -0.1) is 5.10 Å². The molecule has 1 atom stereocenters. The highest BCUT2D eigenvalue weighted by Crippen LogP contribution is 2.14. The predicted molar refractivity (Wildman–Crippen MR) is 80.4 cm³/mol. The van der Waals surface area contributed by atoms with Crippen molar-refractivity contribution in [2.75, 3.05) is 45.8 Å². The van der Waals surface area contributed by atoms with Gasteiger partial charge in [0.2, 0.25) is 5.16 Å². The molecule has 8 nitrogen and oxygen atoms in total. The number of nitrogens with zero attached hydrogens (tertiary/aromatic N) is 4. The number of methoxy groups -OCH3 is 1. The van der Waals surface area contributed by atoms with Gasteiger partial charge in [0.15, 0.2) is 0 Å². The highest BCUT2D eigenvalue weighted by atomic mass is 32.2. The van der Waals surface area contributed by atoms with Gasteiger partial charge in [-0.05, 0) is 23.4 Å². The summed E-state index contributed by atoms with van der Waals surface area (Å²) >= 11 is 1.43. The van der Waals surface area contributed by atoms with Gasteiger partial charge in [0.05, 0.1) is 32.5 Å². The lowest BCUT2D eigenvalue weighted by Gasteiger charge is -2.10. The molecule has 122 valence electrons. The van der Waals surface area contributed by atoms with Crippen LogP contribution in [-0.2, 0) is 16.0 Å². The second-order valence-electron chi connectivity index (χ2n) is 4.47. The summed E-state index contributed by atoms with van der Waals surface area (Å²) in [6, 6.07) is 0. The molecule has 0 saturated carbocycles. The van der Waals surface area contributed by atoms with Crippen LogP contribution in [0.5, 0.6) is 0 Å².